The van der Waals surface area contributed by atoms with E-state index in [1.165, 1.54) is 12.1 Å². The van der Waals surface area contributed by atoms with E-state index in [1.807, 2.05) is 0 Å². The first-order chi connectivity index (χ1) is 12.2. The smallest absolute Gasteiger partial charge is 0.241 e. The number of halogens is 2. The third-order valence-corrected chi connectivity index (χ3v) is 5.47. The van der Waals surface area contributed by atoms with Gasteiger partial charge in [0.1, 0.15) is 12.3 Å². The maximum absolute atomic E-state index is 12.2. The van der Waals surface area contributed by atoms with Crippen molar-refractivity contribution >= 4 is 44.8 Å². The molecule has 0 unspecified atom stereocenters. The highest BCUT2D eigenvalue weighted by Gasteiger charge is 2.23. The molecule has 0 bridgehead atoms. The Kier molecular flexibility index (Phi) is 6.75. The molecule has 0 aliphatic heterocycles. The molecule has 1 N–H and O–H groups in total. The number of benzene rings is 2. The van der Waals surface area contributed by atoms with Crippen LogP contribution in [0.3, 0.4) is 0 Å². The lowest BCUT2D eigenvalue weighted by molar-refractivity contribution is -0.119. The summed E-state index contributed by atoms with van der Waals surface area (Å²) in [5.74, 6) is 0.237. The van der Waals surface area contributed by atoms with Crippen molar-refractivity contribution in [2.45, 2.75) is 6.54 Å². The highest BCUT2D eigenvalue weighted by Crippen LogP contribution is 2.33. The van der Waals surface area contributed by atoms with Crippen molar-refractivity contribution in [3.8, 4) is 5.75 Å². The first-order valence-corrected chi connectivity index (χ1v) is 10.1. The largest absolute Gasteiger partial charge is 0.497 e. The summed E-state index contributed by atoms with van der Waals surface area (Å²) >= 11 is 12.0. The van der Waals surface area contributed by atoms with Crippen LogP contribution in [-0.2, 0) is 21.4 Å². The van der Waals surface area contributed by atoms with Crippen LogP contribution in [0.15, 0.2) is 42.5 Å². The number of carbonyl (C=O) groups excluding carboxylic acids is 1. The fourth-order valence-corrected chi connectivity index (χ4v) is 3.51. The Balaban J connectivity index is 2.10. The van der Waals surface area contributed by atoms with Crippen LogP contribution in [0.5, 0.6) is 5.75 Å². The number of methoxy groups -OCH3 is 1. The van der Waals surface area contributed by atoms with Crippen LogP contribution in [0, 0.1) is 0 Å². The summed E-state index contributed by atoms with van der Waals surface area (Å²) in [6.45, 7) is -0.154. The molecular weight excluding hydrogens is 399 g/mol. The lowest BCUT2D eigenvalue weighted by Crippen LogP contribution is -2.40. The van der Waals surface area contributed by atoms with Crippen LogP contribution in [0.2, 0.25) is 10.0 Å². The van der Waals surface area contributed by atoms with Gasteiger partial charge in [-0.1, -0.05) is 41.4 Å². The fraction of sp³-hybridized carbons (Fsp3) is 0.235. The Morgan fingerprint density at radius 2 is 1.81 bits per heavy atom. The van der Waals surface area contributed by atoms with Gasteiger partial charge in [-0.05, 0) is 29.8 Å². The summed E-state index contributed by atoms with van der Waals surface area (Å²) in [5.41, 5.74) is 1.01. The van der Waals surface area contributed by atoms with Gasteiger partial charge in [-0.15, -0.1) is 0 Å². The van der Waals surface area contributed by atoms with Gasteiger partial charge in [0.2, 0.25) is 15.9 Å². The monoisotopic (exact) mass is 416 g/mol. The topological polar surface area (TPSA) is 75.7 Å². The van der Waals surface area contributed by atoms with Gasteiger partial charge in [-0.25, -0.2) is 8.42 Å². The van der Waals surface area contributed by atoms with E-state index >= 15 is 0 Å². The van der Waals surface area contributed by atoms with E-state index < -0.39 is 22.5 Å². The van der Waals surface area contributed by atoms with Gasteiger partial charge < -0.3 is 10.1 Å². The van der Waals surface area contributed by atoms with E-state index in [2.05, 4.69) is 5.32 Å². The van der Waals surface area contributed by atoms with Gasteiger partial charge in [0, 0.05) is 6.54 Å². The lowest BCUT2D eigenvalue weighted by atomic mass is 10.2. The number of rotatable bonds is 7. The molecule has 26 heavy (non-hydrogen) atoms. The average molecular weight is 417 g/mol. The van der Waals surface area contributed by atoms with Crippen molar-refractivity contribution in [2.75, 3.05) is 24.2 Å². The Hall–Kier alpha value is -1.96. The normalized spacial score (nSPS) is 11.1. The van der Waals surface area contributed by atoms with Crippen molar-refractivity contribution in [1.29, 1.82) is 0 Å². The number of ether oxygens (including phenoxy) is 1. The Labute approximate surface area is 162 Å². The predicted molar refractivity (Wildman–Crippen MR) is 103 cm³/mol. The van der Waals surface area contributed by atoms with Gasteiger partial charge in [0.25, 0.3) is 0 Å². The fourth-order valence-electron chi connectivity index (χ4n) is 2.20. The van der Waals surface area contributed by atoms with Crippen LogP contribution in [0.1, 0.15) is 5.56 Å². The zero-order valence-electron chi connectivity index (χ0n) is 14.2. The van der Waals surface area contributed by atoms with Gasteiger partial charge in [-0.2, -0.15) is 0 Å². The van der Waals surface area contributed by atoms with Crippen LogP contribution in [0.4, 0.5) is 5.69 Å². The number of sulfonamides is 1. The zero-order valence-corrected chi connectivity index (χ0v) is 16.5. The molecule has 0 saturated carbocycles. The van der Waals surface area contributed by atoms with Crippen LogP contribution < -0.4 is 14.4 Å². The molecule has 140 valence electrons. The number of nitrogens with one attached hydrogen (secondary N) is 1. The number of carbonyl (C=O) groups is 1. The number of nitrogens with zero attached hydrogens (tertiary/aromatic N) is 1. The maximum Gasteiger partial charge on any atom is 0.241 e. The number of hydrogen-bond donors (Lipinski definition) is 1. The second-order valence-corrected chi connectivity index (χ2v) is 8.16. The lowest BCUT2D eigenvalue weighted by Gasteiger charge is -2.23. The molecule has 2 aromatic carbocycles. The van der Waals surface area contributed by atoms with E-state index in [0.29, 0.717) is 5.75 Å². The van der Waals surface area contributed by atoms with Gasteiger partial charge in [0.15, 0.2) is 0 Å². The van der Waals surface area contributed by atoms with Crippen molar-refractivity contribution in [3.05, 3.63) is 58.1 Å². The molecule has 6 nitrogen and oxygen atoms in total. The first kappa shape index (κ1) is 20.4. The predicted octanol–water partition coefficient (Wildman–Crippen LogP) is 3.08. The molecule has 0 aromatic heterocycles. The Morgan fingerprint density at radius 1 is 1.15 bits per heavy atom. The molecule has 0 spiro atoms. The first-order valence-electron chi connectivity index (χ1n) is 7.53. The molecule has 2 rings (SSSR count). The number of hydrogen-bond acceptors (Lipinski definition) is 4. The summed E-state index contributed by atoms with van der Waals surface area (Å²) in [6, 6.07) is 11.8. The zero-order chi connectivity index (χ0) is 19.3. The minimum atomic E-state index is -3.73. The molecular formula is C17H18Cl2N2O4S. The van der Waals surface area contributed by atoms with E-state index in [1.54, 1.807) is 37.4 Å². The van der Waals surface area contributed by atoms with Crippen molar-refractivity contribution in [2.24, 2.45) is 0 Å². The molecule has 1 amide bonds. The third kappa shape index (κ3) is 5.27. The van der Waals surface area contributed by atoms with E-state index in [9.17, 15) is 13.2 Å². The highest BCUT2D eigenvalue weighted by atomic mass is 35.5. The summed E-state index contributed by atoms with van der Waals surface area (Å²) in [5, 5.41) is 2.96. The van der Waals surface area contributed by atoms with Crippen molar-refractivity contribution < 1.29 is 17.9 Å². The molecule has 9 heteroatoms. The Bertz CT molecular complexity index is 886. The second kappa shape index (κ2) is 8.62. The maximum atomic E-state index is 12.2. The van der Waals surface area contributed by atoms with Gasteiger partial charge >= 0.3 is 0 Å². The van der Waals surface area contributed by atoms with Crippen LogP contribution in [0.25, 0.3) is 0 Å². The summed E-state index contributed by atoms with van der Waals surface area (Å²) < 4.78 is 30.2. The Morgan fingerprint density at radius 3 is 2.38 bits per heavy atom. The van der Waals surface area contributed by atoms with Crippen molar-refractivity contribution in [3.63, 3.8) is 0 Å². The third-order valence-electron chi connectivity index (χ3n) is 3.54. The molecule has 0 aliphatic rings. The molecule has 0 radical (unpaired) electrons. The standard InChI is InChI=1S/C17H18Cl2N2O4S/c1-25-13-8-6-12(7-9-13)10-20-16(22)11-21(26(2,23)24)15-5-3-4-14(18)17(15)19/h3-9H,10-11H2,1-2H3,(H,20,22). The molecule has 0 fully saturated rings. The number of anilines is 1. The minimum Gasteiger partial charge on any atom is -0.497 e. The summed E-state index contributed by atoms with van der Waals surface area (Å²) in [4.78, 5) is 12.2. The quantitative estimate of drug-likeness (QED) is 0.752. The highest BCUT2D eigenvalue weighted by molar-refractivity contribution is 7.92. The summed E-state index contributed by atoms with van der Waals surface area (Å²) in [7, 11) is -2.16. The van der Waals surface area contributed by atoms with Crippen LogP contribution >= 0.6 is 23.2 Å². The van der Waals surface area contributed by atoms with Crippen LogP contribution in [-0.4, -0.2) is 34.2 Å². The molecule has 0 aliphatic carbocycles. The van der Waals surface area contributed by atoms with Gasteiger partial charge in [-0.3, -0.25) is 9.10 Å². The summed E-state index contributed by atoms with van der Waals surface area (Å²) in [6.07, 6.45) is 1.00. The van der Waals surface area contributed by atoms with Gasteiger partial charge in [0.05, 0.1) is 29.1 Å². The molecule has 0 heterocycles. The molecule has 2 aromatic rings. The molecule has 0 saturated heterocycles. The average Bonchev–Trinajstić information content (AvgIpc) is 2.60. The van der Waals surface area contributed by atoms with E-state index in [-0.39, 0.29) is 22.3 Å². The molecule has 0 atom stereocenters. The van der Waals surface area contributed by atoms with Crippen molar-refractivity contribution in [1.82, 2.24) is 5.32 Å². The number of amides is 1. The van der Waals surface area contributed by atoms with E-state index in [4.69, 9.17) is 27.9 Å². The van der Waals surface area contributed by atoms with E-state index in [0.717, 1.165) is 16.1 Å². The SMILES string of the molecule is COc1ccc(CNC(=O)CN(c2cccc(Cl)c2Cl)S(C)(=O)=O)cc1. The second-order valence-electron chi connectivity index (χ2n) is 5.47. The minimum absolute atomic E-state index is 0.0718.